The van der Waals surface area contributed by atoms with Crippen molar-refractivity contribution in [2.24, 2.45) is 5.92 Å². The molecule has 0 radical (unpaired) electrons. The molecule has 7 heteroatoms. The highest BCUT2D eigenvalue weighted by Crippen LogP contribution is 2.19. The molecule has 0 atom stereocenters. The average Bonchev–Trinajstić information content (AvgIpc) is 2.56. The molecule has 0 fully saturated rings. The molecule has 7 nitrogen and oxygen atoms in total. The fraction of sp³-hybridized carbons (Fsp3) is 0.444. The van der Waals surface area contributed by atoms with Crippen LogP contribution in [0.15, 0.2) is 24.3 Å². The quantitative estimate of drug-likeness (QED) is 0.585. The van der Waals surface area contributed by atoms with Crippen molar-refractivity contribution in [3.8, 4) is 0 Å². The smallest absolute Gasteiger partial charge is 0.326 e. The summed E-state index contributed by atoms with van der Waals surface area (Å²) in [5.74, 6) is -1.72. The topological polar surface area (TPSA) is 92.8 Å². The van der Waals surface area contributed by atoms with E-state index in [1.807, 2.05) is 13.8 Å². The van der Waals surface area contributed by atoms with Gasteiger partial charge >= 0.3 is 5.97 Å². The van der Waals surface area contributed by atoms with Gasteiger partial charge in [-0.2, -0.15) is 0 Å². The molecule has 0 aliphatic carbocycles. The maximum atomic E-state index is 12.3. The Kier molecular flexibility index (Phi) is 6.27. The van der Waals surface area contributed by atoms with Crippen molar-refractivity contribution < 1.29 is 23.9 Å². The van der Waals surface area contributed by atoms with E-state index in [-0.39, 0.29) is 6.42 Å². The van der Waals surface area contributed by atoms with Crippen LogP contribution in [-0.2, 0) is 25.5 Å². The molecule has 3 amide bonds. The Morgan fingerprint density at radius 1 is 1.24 bits per heavy atom. The third-order valence-corrected chi connectivity index (χ3v) is 3.83. The van der Waals surface area contributed by atoms with Gasteiger partial charge in [0.15, 0.2) is 6.61 Å². The van der Waals surface area contributed by atoms with E-state index in [2.05, 4.69) is 5.32 Å². The third-order valence-electron chi connectivity index (χ3n) is 3.83. The van der Waals surface area contributed by atoms with Crippen LogP contribution in [0, 0.1) is 5.92 Å². The van der Waals surface area contributed by atoms with Gasteiger partial charge in [-0.05, 0) is 24.0 Å². The van der Waals surface area contributed by atoms with Crippen LogP contribution in [0.2, 0.25) is 0 Å². The number of nitrogens with one attached hydrogen (secondary N) is 1. The van der Waals surface area contributed by atoms with Gasteiger partial charge in [-0.1, -0.05) is 32.0 Å². The van der Waals surface area contributed by atoms with Crippen molar-refractivity contribution in [2.75, 3.05) is 19.7 Å². The second kappa shape index (κ2) is 8.41. The number of ether oxygens (including phenoxy) is 1. The monoisotopic (exact) mass is 346 g/mol. The summed E-state index contributed by atoms with van der Waals surface area (Å²) in [6, 6.07) is 6.78. The van der Waals surface area contributed by atoms with Crippen molar-refractivity contribution in [3.05, 3.63) is 35.4 Å². The molecule has 1 aromatic carbocycles. The largest absolute Gasteiger partial charge is 0.454 e. The molecule has 0 aromatic heterocycles. The molecule has 1 N–H and O–H groups in total. The van der Waals surface area contributed by atoms with E-state index >= 15 is 0 Å². The summed E-state index contributed by atoms with van der Waals surface area (Å²) < 4.78 is 4.85. The minimum Gasteiger partial charge on any atom is -0.454 e. The number of carbonyl (C=O) groups excluding carboxylic acids is 4. The summed E-state index contributed by atoms with van der Waals surface area (Å²) >= 11 is 0. The lowest BCUT2D eigenvalue weighted by Gasteiger charge is -2.25. The number of esters is 1. The van der Waals surface area contributed by atoms with Crippen LogP contribution in [0.3, 0.4) is 0 Å². The van der Waals surface area contributed by atoms with Crippen LogP contribution in [-0.4, -0.2) is 48.3 Å². The van der Waals surface area contributed by atoms with E-state index in [1.165, 1.54) is 0 Å². The van der Waals surface area contributed by atoms with Crippen molar-refractivity contribution in [1.29, 1.82) is 0 Å². The Morgan fingerprint density at radius 2 is 1.96 bits per heavy atom. The Hall–Kier alpha value is -2.70. The minimum atomic E-state index is -0.792. The van der Waals surface area contributed by atoms with Crippen LogP contribution < -0.4 is 5.32 Å². The average molecular weight is 346 g/mol. The highest BCUT2D eigenvalue weighted by atomic mass is 16.5. The standard InChI is InChI=1S/C18H22N2O5/c1-12(2)7-8-19-15(21)11-25-17(23)10-20-16(22)9-13-5-3-4-6-14(13)18(20)24/h3-6,12H,7-11H2,1-2H3,(H,19,21). The second-order valence-corrected chi connectivity index (χ2v) is 6.31. The van der Waals surface area contributed by atoms with E-state index in [0.717, 1.165) is 11.3 Å². The highest BCUT2D eigenvalue weighted by Gasteiger charge is 2.32. The number of hydrogen-bond donors (Lipinski definition) is 1. The third kappa shape index (κ3) is 5.14. The van der Waals surface area contributed by atoms with Gasteiger partial charge in [0.05, 0.1) is 6.42 Å². The van der Waals surface area contributed by atoms with Crippen molar-refractivity contribution in [3.63, 3.8) is 0 Å². The van der Waals surface area contributed by atoms with E-state index in [9.17, 15) is 19.2 Å². The fourth-order valence-corrected chi connectivity index (χ4v) is 2.43. The molecule has 0 bridgehead atoms. The fourth-order valence-electron chi connectivity index (χ4n) is 2.43. The van der Waals surface area contributed by atoms with Crippen LogP contribution >= 0.6 is 0 Å². The number of imide groups is 1. The number of fused-ring (bicyclic) bond motifs is 1. The molecule has 134 valence electrons. The maximum absolute atomic E-state index is 12.3. The Labute approximate surface area is 146 Å². The molecule has 0 spiro atoms. The lowest BCUT2D eigenvalue weighted by Crippen LogP contribution is -2.45. The zero-order chi connectivity index (χ0) is 18.4. The molecular formula is C18H22N2O5. The number of carbonyl (C=O) groups is 4. The summed E-state index contributed by atoms with van der Waals surface area (Å²) in [7, 11) is 0. The highest BCUT2D eigenvalue weighted by molar-refractivity contribution is 6.11. The predicted molar refractivity (Wildman–Crippen MR) is 89.6 cm³/mol. The molecular weight excluding hydrogens is 324 g/mol. The number of amides is 3. The van der Waals surface area contributed by atoms with E-state index in [1.54, 1.807) is 24.3 Å². The SMILES string of the molecule is CC(C)CCNC(=O)COC(=O)CN1C(=O)Cc2ccccc2C1=O. The molecule has 1 heterocycles. The number of hydrogen-bond acceptors (Lipinski definition) is 5. The molecule has 0 saturated carbocycles. The van der Waals surface area contributed by atoms with Gasteiger partial charge in [-0.3, -0.25) is 24.1 Å². The number of benzene rings is 1. The van der Waals surface area contributed by atoms with E-state index in [0.29, 0.717) is 23.6 Å². The van der Waals surface area contributed by atoms with Crippen LogP contribution in [0.25, 0.3) is 0 Å². The van der Waals surface area contributed by atoms with Crippen molar-refractivity contribution in [2.45, 2.75) is 26.7 Å². The van der Waals surface area contributed by atoms with Gasteiger partial charge in [0.25, 0.3) is 11.8 Å². The molecule has 1 aromatic rings. The molecule has 2 rings (SSSR count). The first-order valence-electron chi connectivity index (χ1n) is 8.23. The van der Waals surface area contributed by atoms with Crippen molar-refractivity contribution >= 4 is 23.7 Å². The van der Waals surface area contributed by atoms with Gasteiger partial charge in [-0.25, -0.2) is 0 Å². The number of nitrogens with zero attached hydrogens (tertiary/aromatic N) is 1. The van der Waals surface area contributed by atoms with Crippen LogP contribution in [0.1, 0.15) is 36.2 Å². The van der Waals surface area contributed by atoms with E-state index in [4.69, 9.17) is 4.74 Å². The summed E-state index contributed by atoms with van der Waals surface area (Å²) in [6.45, 7) is 3.66. The Morgan fingerprint density at radius 3 is 2.68 bits per heavy atom. The summed E-state index contributed by atoms with van der Waals surface area (Å²) in [5, 5.41) is 2.64. The molecule has 1 aliphatic heterocycles. The maximum Gasteiger partial charge on any atom is 0.326 e. The molecule has 25 heavy (non-hydrogen) atoms. The van der Waals surface area contributed by atoms with Gasteiger partial charge in [0.1, 0.15) is 6.54 Å². The number of rotatable bonds is 7. The summed E-state index contributed by atoms with van der Waals surface area (Å²) in [4.78, 5) is 48.7. The summed E-state index contributed by atoms with van der Waals surface area (Å²) in [6.07, 6.45) is 0.890. The second-order valence-electron chi connectivity index (χ2n) is 6.31. The molecule has 0 unspecified atom stereocenters. The van der Waals surface area contributed by atoms with Crippen molar-refractivity contribution in [1.82, 2.24) is 10.2 Å². The minimum absolute atomic E-state index is 0.0604. The van der Waals surface area contributed by atoms with Gasteiger partial charge in [0.2, 0.25) is 5.91 Å². The van der Waals surface area contributed by atoms with Crippen LogP contribution in [0.4, 0.5) is 0 Å². The lowest BCUT2D eigenvalue weighted by molar-refractivity contribution is -0.151. The van der Waals surface area contributed by atoms with Crippen LogP contribution in [0.5, 0.6) is 0 Å². The van der Waals surface area contributed by atoms with Gasteiger partial charge < -0.3 is 10.1 Å². The first kappa shape index (κ1) is 18.6. The first-order chi connectivity index (χ1) is 11.9. The molecule has 0 saturated heterocycles. The van der Waals surface area contributed by atoms with E-state index < -0.39 is 36.8 Å². The zero-order valence-electron chi connectivity index (χ0n) is 14.4. The van der Waals surface area contributed by atoms with Gasteiger partial charge in [-0.15, -0.1) is 0 Å². The Balaban J connectivity index is 1.83. The normalized spacial score (nSPS) is 13.6. The van der Waals surface area contributed by atoms with Gasteiger partial charge in [0, 0.05) is 12.1 Å². The Bertz CT molecular complexity index is 684. The molecule has 1 aliphatic rings. The first-order valence-corrected chi connectivity index (χ1v) is 8.23. The summed E-state index contributed by atoms with van der Waals surface area (Å²) in [5.41, 5.74) is 1.05. The zero-order valence-corrected chi connectivity index (χ0v) is 14.4. The lowest BCUT2D eigenvalue weighted by atomic mass is 9.98. The predicted octanol–water partition coefficient (Wildman–Crippen LogP) is 0.917.